The van der Waals surface area contributed by atoms with E-state index in [0.717, 1.165) is 55.5 Å². The summed E-state index contributed by atoms with van der Waals surface area (Å²) in [7, 11) is 4.45. The quantitative estimate of drug-likeness (QED) is 0.851. The van der Waals surface area contributed by atoms with Crippen molar-refractivity contribution in [3.05, 3.63) is 11.8 Å². The summed E-state index contributed by atoms with van der Waals surface area (Å²) in [5.74, 6) is 3.81. The predicted octanol–water partition coefficient (Wildman–Crippen LogP) is 2.16. The smallest absolute Gasteiger partial charge is 0.227 e. The van der Waals surface area contributed by atoms with E-state index in [1.54, 1.807) is 0 Å². The molecule has 5 heteroatoms. The second-order valence-electron chi connectivity index (χ2n) is 7.80. The zero-order valence-corrected chi connectivity index (χ0v) is 14.7. The van der Waals surface area contributed by atoms with E-state index in [9.17, 15) is 0 Å². The summed E-state index contributed by atoms with van der Waals surface area (Å²) in [6.07, 6.45) is 5.38. The molecule has 3 aliphatic rings. The molecule has 2 saturated heterocycles. The van der Waals surface area contributed by atoms with Crippen molar-refractivity contribution in [3.63, 3.8) is 0 Å². The number of rotatable bonds is 4. The highest BCUT2D eigenvalue weighted by atomic mass is 15.3. The zero-order chi connectivity index (χ0) is 16.0. The van der Waals surface area contributed by atoms with Crippen molar-refractivity contribution in [2.45, 2.75) is 38.6 Å². The molecule has 3 fully saturated rings. The predicted molar refractivity (Wildman–Crippen MR) is 94.1 cm³/mol. The normalized spacial score (nSPS) is 28.2. The molecule has 0 N–H and O–H groups in total. The lowest BCUT2D eigenvalue weighted by atomic mass is 9.97. The summed E-state index contributed by atoms with van der Waals surface area (Å²) in [6, 6.07) is 2.83. The third kappa shape index (κ3) is 3.03. The lowest BCUT2D eigenvalue weighted by Crippen LogP contribution is -2.36. The van der Waals surface area contributed by atoms with Crippen molar-refractivity contribution < 1.29 is 0 Å². The fourth-order valence-electron chi connectivity index (χ4n) is 4.29. The van der Waals surface area contributed by atoms with E-state index in [-0.39, 0.29) is 0 Å². The summed E-state index contributed by atoms with van der Waals surface area (Å²) in [6.45, 7) is 6.57. The van der Waals surface area contributed by atoms with Crippen LogP contribution in [0, 0.1) is 18.8 Å². The van der Waals surface area contributed by atoms with Crippen LogP contribution in [0.4, 0.5) is 11.8 Å². The molecule has 23 heavy (non-hydrogen) atoms. The van der Waals surface area contributed by atoms with Crippen LogP contribution in [0.1, 0.15) is 31.4 Å². The lowest BCUT2D eigenvalue weighted by Gasteiger charge is -2.24. The molecule has 0 amide bonds. The Hall–Kier alpha value is -1.36. The fourth-order valence-corrected chi connectivity index (χ4v) is 4.29. The van der Waals surface area contributed by atoms with Crippen molar-refractivity contribution in [2.75, 3.05) is 50.1 Å². The van der Waals surface area contributed by atoms with Gasteiger partial charge in [-0.1, -0.05) is 0 Å². The minimum absolute atomic E-state index is 0.660. The van der Waals surface area contributed by atoms with Gasteiger partial charge in [0.2, 0.25) is 5.95 Å². The van der Waals surface area contributed by atoms with Crippen LogP contribution < -0.4 is 9.80 Å². The molecule has 126 valence electrons. The number of aryl methyl sites for hydroxylation is 1. The Morgan fingerprint density at radius 2 is 1.78 bits per heavy atom. The number of nitrogens with zero attached hydrogens (tertiary/aromatic N) is 5. The summed E-state index contributed by atoms with van der Waals surface area (Å²) in [4.78, 5) is 16.9. The minimum atomic E-state index is 0.660. The molecule has 0 radical (unpaired) electrons. The highest BCUT2D eigenvalue weighted by Gasteiger charge is 2.43. The third-order valence-electron chi connectivity index (χ3n) is 5.77. The van der Waals surface area contributed by atoms with Gasteiger partial charge in [-0.05, 0) is 58.5 Å². The molecule has 1 aromatic heterocycles. The van der Waals surface area contributed by atoms with Gasteiger partial charge in [-0.3, -0.25) is 0 Å². The Kier molecular flexibility index (Phi) is 3.92. The maximum absolute atomic E-state index is 4.93. The molecule has 0 bridgehead atoms. The molecule has 3 heterocycles. The first-order valence-corrected chi connectivity index (χ1v) is 9.14. The van der Waals surface area contributed by atoms with Gasteiger partial charge in [0.25, 0.3) is 0 Å². The fraction of sp³-hybridized carbons (Fsp3) is 0.778. The Morgan fingerprint density at radius 3 is 2.43 bits per heavy atom. The first kappa shape index (κ1) is 15.2. The van der Waals surface area contributed by atoms with Gasteiger partial charge < -0.3 is 14.7 Å². The van der Waals surface area contributed by atoms with Crippen LogP contribution in [0.15, 0.2) is 6.07 Å². The molecule has 2 atom stereocenters. The topological polar surface area (TPSA) is 35.5 Å². The van der Waals surface area contributed by atoms with Gasteiger partial charge in [0.15, 0.2) is 0 Å². The molecule has 1 aromatic rings. The molecular weight excluding hydrogens is 286 g/mol. The Labute approximate surface area is 139 Å². The van der Waals surface area contributed by atoms with Crippen molar-refractivity contribution >= 4 is 11.8 Å². The van der Waals surface area contributed by atoms with E-state index in [1.165, 1.54) is 25.7 Å². The molecule has 0 spiro atoms. The summed E-state index contributed by atoms with van der Waals surface area (Å²) in [5, 5.41) is 0. The van der Waals surface area contributed by atoms with Gasteiger partial charge in [-0.25, -0.2) is 4.98 Å². The van der Waals surface area contributed by atoms with Crippen LogP contribution in [0.25, 0.3) is 0 Å². The van der Waals surface area contributed by atoms with E-state index in [1.807, 2.05) is 0 Å². The second kappa shape index (κ2) is 5.93. The molecular formula is C18H29N5. The van der Waals surface area contributed by atoms with Gasteiger partial charge in [-0.2, -0.15) is 4.98 Å². The van der Waals surface area contributed by atoms with Crippen LogP contribution in [0.3, 0.4) is 0 Å². The molecule has 2 aliphatic heterocycles. The summed E-state index contributed by atoms with van der Waals surface area (Å²) >= 11 is 0. The van der Waals surface area contributed by atoms with Crippen molar-refractivity contribution in [1.82, 2.24) is 14.9 Å². The molecule has 0 aromatic carbocycles. The van der Waals surface area contributed by atoms with Crippen LogP contribution in [0.5, 0.6) is 0 Å². The summed E-state index contributed by atoms with van der Waals surface area (Å²) < 4.78 is 0. The lowest BCUT2D eigenvalue weighted by molar-refractivity contribution is 0.238. The van der Waals surface area contributed by atoms with Crippen LogP contribution in [0.2, 0.25) is 0 Å². The maximum Gasteiger partial charge on any atom is 0.227 e. The van der Waals surface area contributed by atoms with Gasteiger partial charge in [0, 0.05) is 44.0 Å². The van der Waals surface area contributed by atoms with E-state index in [2.05, 4.69) is 46.8 Å². The van der Waals surface area contributed by atoms with Gasteiger partial charge in [-0.15, -0.1) is 0 Å². The molecule has 4 rings (SSSR count). The van der Waals surface area contributed by atoms with E-state index < -0.39 is 0 Å². The van der Waals surface area contributed by atoms with E-state index in [0.29, 0.717) is 6.04 Å². The summed E-state index contributed by atoms with van der Waals surface area (Å²) in [5.41, 5.74) is 1.09. The average molecular weight is 315 g/mol. The monoisotopic (exact) mass is 315 g/mol. The van der Waals surface area contributed by atoms with Gasteiger partial charge in [0.1, 0.15) is 5.82 Å². The highest BCUT2D eigenvalue weighted by molar-refractivity contribution is 5.47. The average Bonchev–Trinajstić information content (AvgIpc) is 3.04. The Balaban J connectivity index is 1.57. The minimum Gasteiger partial charge on any atom is -0.355 e. The number of likely N-dealkylation sites (N-methyl/N-ethyl adjacent to an activating group) is 1. The zero-order valence-electron chi connectivity index (χ0n) is 14.7. The van der Waals surface area contributed by atoms with E-state index >= 15 is 0 Å². The second-order valence-corrected chi connectivity index (χ2v) is 7.80. The number of anilines is 2. The highest BCUT2D eigenvalue weighted by Crippen LogP contribution is 2.43. The van der Waals surface area contributed by atoms with Gasteiger partial charge >= 0.3 is 0 Å². The van der Waals surface area contributed by atoms with Crippen molar-refractivity contribution in [3.8, 4) is 0 Å². The first-order valence-electron chi connectivity index (χ1n) is 9.14. The number of aromatic nitrogens is 2. The molecule has 1 aliphatic carbocycles. The Bertz CT molecular complexity index is 553. The maximum atomic E-state index is 4.93. The van der Waals surface area contributed by atoms with E-state index in [4.69, 9.17) is 4.98 Å². The first-order chi connectivity index (χ1) is 11.1. The van der Waals surface area contributed by atoms with Crippen molar-refractivity contribution in [2.24, 2.45) is 11.8 Å². The van der Waals surface area contributed by atoms with Crippen molar-refractivity contribution in [1.29, 1.82) is 0 Å². The van der Waals surface area contributed by atoms with Crippen LogP contribution >= 0.6 is 0 Å². The molecule has 0 unspecified atom stereocenters. The standard InChI is InChI=1S/C18H29N5/c1-13-10-17(20-18(19-13)22-8-4-5-9-22)23-11-15(14-6-7-14)16(12-23)21(2)3/h10,14-16H,4-9,11-12H2,1-3H3/t15-,16+/m1/s1. The number of hydrogen-bond acceptors (Lipinski definition) is 5. The third-order valence-corrected chi connectivity index (χ3v) is 5.77. The van der Waals surface area contributed by atoms with Crippen LogP contribution in [-0.2, 0) is 0 Å². The molecule has 5 nitrogen and oxygen atoms in total. The van der Waals surface area contributed by atoms with Gasteiger partial charge in [0.05, 0.1) is 0 Å². The number of hydrogen-bond donors (Lipinski definition) is 0. The largest absolute Gasteiger partial charge is 0.355 e. The van der Waals surface area contributed by atoms with Crippen LogP contribution in [-0.4, -0.2) is 61.2 Å². The molecule has 1 saturated carbocycles. The Morgan fingerprint density at radius 1 is 1.04 bits per heavy atom. The SMILES string of the molecule is Cc1cc(N2C[C@H](C3CC3)[C@@H](N(C)C)C2)nc(N2CCCC2)n1.